The van der Waals surface area contributed by atoms with E-state index in [-0.39, 0.29) is 11.2 Å². The van der Waals surface area contributed by atoms with Crippen LogP contribution in [0.5, 0.6) is 0 Å². The molecule has 0 aliphatic carbocycles. The van der Waals surface area contributed by atoms with Crippen LogP contribution in [0.15, 0.2) is 0 Å². The Hall–Kier alpha value is -0.160. The van der Waals surface area contributed by atoms with Crippen LogP contribution in [-0.4, -0.2) is 73.5 Å². The molecule has 28 heavy (non-hydrogen) atoms. The van der Waals surface area contributed by atoms with Gasteiger partial charge in [-0.25, -0.2) is 0 Å². The molecule has 4 fully saturated rings. The average molecular weight is 393 g/mol. The molecule has 0 bridgehead atoms. The van der Waals surface area contributed by atoms with Gasteiger partial charge in [-0.15, -0.1) is 0 Å². The summed E-state index contributed by atoms with van der Waals surface area (Å²) in [7, 11) is 0. The van der Waals surface area contributed by atoms with E-state index in [2.05, 4.69) is 37.5 Å². The van der Waals surface area contributed by atoms with Crippen molar-refractivity contribution in [2.24, 2.45) is 10.8 Å². The lowest BCUT2D eigenvalue weighted by Crippen LogP contribution is -2.54. The summed E-state index contributed by atoms with van der Waals surface area (Å²) >= 11 is 0. The van der Waals surface area contributed by atoms with E-state index >= 15 is 0 Å². The van der Waals surface area contributed by atoms with E-state index in [0.717, 1.165) is 13.2 Å². The molecule has 0 radical (unpaired) electrons. The Labute approximate surface area is 173 Å². The molecule has 0 saturated carbocycles. The summed E-state index contributed by atoms with van der Waals surface area (Å²) in [5.74, 6) is 0. The lowest BCUT2D eigenvalue weighted by atomic mass is 9.69. The Morgan fingerprint density at radius 2 is 1.07 bits per heavy atom. The highest BCUT2D eigenvalue weighted by Crippen LogP contribution is 2.46. The van der Waals surface area contributed by atoms with Gasteiger partial charge in [0, 0.05) is 39.4 Å². The number of likely N-dealkylation sites (tertiary alicyclic amines) is 2. The minimum Gasteiger partial charge on any atom is -0.376 e. The maximum absolute atomic E-state index is 6.03. The summed E-state index contributed by atoms with van der Waals surface area (Å²) in [6.07, 6.45) is 10.5. The maximum atomic E-state index is 6.03. The smallest absolute Gasteiger partial charge is 0.0632 e. The molecule has 2 atom stereocenters. The van der Waals surface area contributed by atoms with E-state index in [1.165, 1.54) is 90.6 Å². The van der Waals surface area contributed by atoms with Crippen LogP contribution in [0, 0.1) is 10.8 Å². The van der Waals surface area contributed by atoms with Gasteiger partial charge in [-0.1, -0.05) is 0 Å². The lowest BCUT2D eigenvalue weighted by molar-refractivity contribution is -0.127. The van der Waals surface area contributed by atoms with E-state index in [1.807, 2.05) is 0 Å². The van der Waals surface area contributed by atoms with Gasteiger partial charge < -0.3 is 19.3 Å². The number of nitrogens with zero attached hydrogens (tertiary/aromatic N) is 2. The fourth-order valence-corrected chi connectivity index (χ4v) is 7.15. The molecule has 0 aromatic rings. The summed E-state index contributed by atoms with van der Waals surface area (Å²) in [5.41, 5.74) is 1.15. The number of piperidine rings is 2. The van der Waals surface area contributed by atoms with Gasteiger partial charge >= 0.3 is 0 Å². The van der Waals surface area contributed by atoms with Crippen LogP contribution in [0.2, 0.25) is 0 Å². The van der Waals surface area contributed by atoms with E-state index in [4.69, 9.17) is 9.47 Å². The molecule has 0 N–H and O–H groups in total. The minimum atomic E-state index is 0.0658. The first kappa shape index (κ1) is 21.1. The van der Waals surface area contributed by atoms with Crippen LogP contribution in [-0.2, 0) is 9.47 Å². The van der Waals surface area contributed by atoms with E-state index < -0.39 is 0 Å². The van der Waals surface area contributed by atoms with Crippen LogP contribution in [0.1, 0.15) is 79.1 Å². The molecule has 2 spiro atoms. The van der Waals surface area contributed by atoms with Crippen LogP contribution >= 0.6 is 0 Å². The monoisotopic (exact) mass is 392 g/mol. The van der Waals surface area contributed by atoms with Crippen molar-refractivity contribution >= 4 is 0 Å². The molecule has 0 aromatic heterocycles. The van der Waals surface area contributed by atoms with E-state index in [9.17, 15) is 0 Å². The molecule has 4 aliphatic heterocycles. The summed E-state index contributed by atoms with van der Waals surface area (Å²) in [6.45, 7) is 18.7. The van der Waals surface area contributed by atoms with Gasteiger partial charge in [-0.2, -0.15) is 0 Å². The molecule has 0 amide bonds. The van der Waals surface area contributed by atoms with Gasteiger partial charge in [-0.05, 0) is 103 Å². The van der Waals surface area contributed by atoms with Gasteiger partial charge in [0.15, 0.2) is 0 Å². The molecule has 4 heteroatoms. The van der Waals surface area contributed by atoms with Gasteiger partial charge in [0.25, 0.3) is 0 Å². The van der Waals surface area contributed by atoms with E-state index in [1.54, 1.807) is 0 Å². The third-order valence-electron chi connectivity index (χ3n) is 8.07. The van der Waals surface area contributed by atoms with E-state index in [0.29, 0.717) is 10.8 Å². The molecular formula is C24H44N2O2. The summed E-state index contributed by atoms with van der Waals surface area (Å²) < 4.78 is 12.1. The summed E-state index contributed by atoms with van der Waals surface area (Å²) in [5, 5.41) is 0. The topological polar surface area (TPSA) is 24.9 Å². The first-order valence-corrected chi connectivity index (χ1v) is 11.9. The van der Waals surface area contributed by atoms with Crippen molar-refractivity contribution in [1.82, 2.24) is 9.80 Å². The Morgan fingerprint density at radius 3 is 1.46 bits per heavy atom. The van der Waals surface area contributed by atoms with Crippen molar-refractivity contribution in [2.45, 2.75) is 90.3 Å². The molecule has 4 aliphatic rings. The molecule has 0 aromatic carbocycles. The zero-order valence-electron chi connectivity index (χ0n) is 19.0. The van der Waals surface area contributed by atoms with Crippen LogP contribution in [0.3, 0.4) is 0 Å². The third kappa shape index (κ3) is 4.94. The SMILES string of the molecule is CC1(C)C[C@@]2(CCCN(CCN3CCC[C@]4(CCOC(C)(C)C4)C3)C2)CCO1. The highest BCUT2D eigenvalue weighted by Gasteiger charge is 2.45. The normalized spacial score (nSPS) is 39.4. The largest absolute Gasteiger partial charge is 0.376 e. The molecule has 0 unspecified atom stereocenters. The number of hydrogen-bond donors (Lipinski definition) is 0. The van der Waals surface area contributed by atoms with Crippen molar-refractivity contribution in [1.29, 1.82) is 0 Å². The molecule has 4 rings (SSSR count). The maximum Gasteiger partial charge on any atom is 0.0632 e. The first-order chi connectivity index (χ1) is 13.2. The van der Waals surface area contributed by atoms with Gasteiger partial charge in [0.05, 0.1) is 11.2 Å². The highest BCUT2D eigenvalue weighted by atomic mass is 16.5. The van der Waals surface area contributed by atoms with Gasteiger partial charge in [0.1, 0.15) is 0 Å². The fourth-order valence-electron chi connectivity index (χ4n) is 7.15. The van der Waals surface area contributed by atoms with Crippen molar-refractivity contribution in [3.63, 3.8) is 0 Å². The van der Waals surface area contributed by atoms with Crippen LogP contribution in [0.25, 0.3) is 0 Å². The molecule has 4 heterocycles. The molecule has 162 valence electrons. The Bertz CT molecular complexity index is 493. The Morgan fingerprint density at radius 1 is 0.643 bits per heavy atom. The average Bonchev–Trinajstić information content (AvgIpc) is 2.58. The summed E-state index contributed by atoms with van der Waals surface area (Å²) in [4.78, 5) is 5.56. The Balaban J connectivity index is 1.30. The Kier molecular flexibility index (Phi) is 5.90. The van der Waals surface area contributed by atoms with Gasteiger partial charge in [0.2, 0.25) is 0 Å². The predicted molar refractivity (Wildman–Crippen MR) is 115 cm³/mol. The van der Waals surface area contributed by atoms with Gasteiger partial charge in [-0.3, -0.25) is 0 Å². The zero-order chi connectivity index (χ0) is 19.9. The third-order valence-corrected chi connectivity index (χ3v) is 8.07. The zero-order valence-corrected chi connectivity index (χ0v) is 19.0. The second-order valence-corrected chi connectivity index (χ2v) is 11.8. The first-order valence-electron chi connectivity index (χ1n) is 11.9. The van der Waals surface area contributed by atoms with Crippen molar-refractivity contribution in [2.75, 3.05) is 52.5 Å². The second kappa shape index (κ2) is 7.83. The lowest BCUT2D eigenvalue weighted by Gasteiger charge is -2.51. The molecule has 4 nitrogen and oxygen atoms in total. The standard InChI is InChI=1S/C24H44N2O2/c1-21(2)17-23(9-15-27-21)7-5-11-25(19-23)13-14-26-12-6-8-24(20-26)10-16-28-22(3,4)18-24/h5-20H2,1-4H3/t23-,24-/m1/s1. The predicted octanol–water partition coefficient (Wildman–Crippen LogP) is 4.33. The highest BCUT2D eigenvalue weighted by molar-refractivity contribution is 4.96. The van der Waals surface area contributed by atoms with Crippen LogP contribution in [0.4, 0.5) is 0 Å². The van der Waals surface area contributed by atoms with Crippen molar-refractivity contribution in [3.05, 3.63) is 0 Å². The van der Waals surface area contributed by atoms with Crippen molar-refractivity contribution < 1.29 is 9.47 Å². The summed E-state index contributed by atoms with van der Waals surface area (Å²) in [6, 6.07) is 0. The quantitative estimate of drug-likeness (QED) is 0.714. The van der Waals surface area contributed by atoms with Crippen molar-refractivity contribution in [3.8, 4) is 0 Å². The second-order valence-electron chi connectivity index (χ2n) is 11.8. The number of rotatable bonds is 3. The molecular weight excluding hydrogens is 348 g/mol. The molecule has 4 saturated heterocycles. The number of hydrogen-bond acceptors (Lipinski definition) is 4. The number of ether oxygens (including phenoxy) is 2. The van der Waals surface area contributed by atoms with Crippen LogP contribution < -0.4 is 0 Å². The minimum absolute atomic E-state index is 0.0658. The fraction of sp³-hybridized carbons (Fsp3) is 1.00.